The lowest BCUT2D eigenvalue weighted by Gasteiger charge is -2.20. The van der Waals surface area contributed by atoms with Crippen LogP contribution >= 0.6 is 24.0 Å². The normalized spacial score (nSPS) is 11.9. The van der Waals surface area contributed by atoms with Gasteiger partial charge in [0.25, 0.3) is 0 Å². The second-order valence-corrected chi connectivity index (χ2v) is 6.09. The third-order valence-electron chi connectivity index (χ3n) is 4.14. The maximum absolute atomic E-state index is 12.3. The van der Waals surface area contributed by atoms with Crippen molar-refractivity contribution in [2.75, 3.05) is 27.2 Å². The number of hydrogen-bond donors (Lipinski definition) is 2. The molecule has 2 N–H and O–H groups in total. The van der Waals surface area contributed by atoms with E-state index in [0.717, 1.165) is 17.7 Å². The quantitative estimate of drug-likeness (QED) is 0.363. The van der Waals surface area contributed by atoms with E-state index >= 15 is 0 Å². The van der Waals surface area contributed by atoms with Gasteiger partial charge in [-0.1, -0.05) is 36.4 Å². The van der Waals surface area contributed by atoms with Gasteiger partial charge in [-0.15, -0.1) is 24.0 Å². The topological polar surface area (TPSA) is 69.6 Å². The van der Waals surface area contributed by atoms with Crippen molar-refractivity contribution in [2.45, 2.75) is 19.4 Å². The standard InChI is InChI=1S/C20H27N5O.HI/c1-16(17-9-5-4-6-10-17)24-20(21-2)23-15-19(26)25(3)14-12-18-11-7-8-13-22-18;/h4-11,13,16H,12,14-15H2,1-3H3,(H2,21,23,24);1H. The van der Waals surface area contributed by atoms with Crippen LogP contribution in [0, 0.1) is 0 Å². The summed E-state index contributed by atoms with van der Waals surface area (Å²) in [5, 5.41) is 6.37. The highest BCUT2D eigenvalue weighted by molar-refractivity contribution is 14.0. The first-order valence-electron chi connectivity index (χ1n) is 8.76. The first kappa shape index (κ1) is 22.9. The lowest BCUT2D eigenvalue weighted by atomic mass is 10.1. The van der Waals surface area contributed by atoms with Gasteiger partial charge < -0.3 is 15.5 Å². The molecule has 0 spiro atoms. The number of nitrogens with zero attached hydrogens (tertiary/aromatic N) is 3. The Bertz CT molecular complexity index is 709. The molecule has 0 saturated carbocycles. The van der Waals surface area contributed by atoms with Crippen molar-refractivity contribution in [3.63, 3.8) is 0 Å². The van der Waals surface area contributed by atoms with Crippen LogP contribution in [-0.2, 0) is 11.2 Å². The van der Waals surface area contributed by atoms with Crippen LogP contribution in [0.2, 0.25) is 0 Å². The largest absolute Gasteiger partial charge is 0.350 e. The fraction of sp³-hybridized carbons (Fsp3) is 0.350. The summed E-state index contributed by atoms with van der Waals surface area (Å²) in [5.74, 6) is 0.615. The number of guanidine groups is 1. The average molecular weight is 481 g/mol. The van der Waals surface area contributed by atoms with E-state index in [0.29, 0.717) is 12.5 Å². The molecule has 1 atom stereocenters. The number of amides is 1. The maximum atomic E-state index is 12.3. The summed E-state index contributed by atoms with van der Waals surface area (Å²) in [6, 6.07) is 16.0. The van der Waals surface area contributed by atoms with E-state index in [2.05, 4.69) is 39.7 Å². The molecule has 2 rings (SSSR count). The molecule has 0 radical (unpaired) electrons. The molecule has 0 aliphatic heterocycles. The van der Waals surface area contributed by atoms with Crippen molar-refractivity contribution >= 4 is 35.8 Å². The molecule has 2 aromatic rings. The third kappa shape index (κ3) is 7.94. The van der Waals surface area contributed by atoms with Crippen molar-refractivity contribution in [1.29, 1.82) is 0 Å². The number of benzene rings is 1. The zero-order valence-electron chi connectivity index (χ0n) is 16.1. The zero-order chi connectivity index (χ0) is 18.8. The first-order chi connectivity index (χ1) is 12.6. The molecular formula is C20H28IN5O. The Hall–Kier alpha value is -2.16. The highest BCUT2D eigenvalue weighted by Gasteiger charge is 2.11. The van der Waals surface area contributed by atoms with Crippen molar-refractivity contribution in [1.82, 2.24) is 20.5 Å². The van der Waals surface area contributed by atoms with E-state index in [-0.39, 0.29) is 42.5 Å². The van der Waals surface area contributed by atoms with Crippen LogP contribution in [0.4, 0.5) is 0 Å². The highest BCUT2D eigenvalue weighted by atomic mass is 127. The first-order valence-corrected chi connectivity index (χ1v) is 8.76. The molecule has 1 heterocycles. The lowest BCUT2D eigenvalue weighted by Crippen LogP contribution is -2.44. The summed E-state index contributed by atoms with van der Waals surface area (Å²) in [6.07, 6.45) is 2.50. The van der Waals surface area contributed by atoms with E-state index in [1.54, 1.807) is 25.2 Å². The molecule has 7 heteroatoms. The Morgan fingerprint density at radius 3 is 2.52 bits per heavy atom. The smallest absolute Gasteiger partial charge is 0.241 e. The maximum Gasteiger partial charge on any atom is 0.241 e. The summed E-state index contributed by atoms with van der Waals surface area (Å²) >= 11 is 0. The molecule has 0 aliphatic rings. The van der Waals surface area contributed by atoms with Crippen LogP contribution in [0.15, 0.2) is 59.7 Å². The predicted molar refractivity (Wildman–Crippen MR) is 120 cm³/mol. The van der Waals surface area contributed by atoms with E-state index < -0.39 is 0 Å². The minimum absolute atomic E-state index is 0. The fourth-order valence-electron chi connectivity index (χ4n) is 2.47. The summed E-state index contributed by atoms with van der Waals surface area (Å²) in [4.78, 5) is 22.5. The van der Waals surface area contributed by atoms with Crippen LogP contribution < -0.4 is 10.6 Å². The minimum atomic E-state index is 0. The molecule has 0 fully saturated rings. The molecule has 0 aliphatic carbocycles. The van der Waals surface area contributed by atoms with Gasteiger partial charge in [-0.25, -0.2) is 0 Å². The summed E-state index contributed by atoms with van der Waals surface area (Å²) in [7, 11) is 3.50. The molecule has 0 bridgehead atoms. The summed E-state index contributed by atoms with van der Waals surface area (Å²) < 4.78 is 0. The molecule has 1 aromatic heterocycles. The van der Waals surface area contributed by atoms with Gasteiger partial charge in [-0.2, -0.15) is 0 Å². The molecule has 6 nitrogen and oxygen atoms in total. The lowest BCUT2D eigenvalue weighted by molar-refractivity contribution is -0.128. The second kappa shape index (κ2) is 12.3. The summed E-state index contributed by atoms with van der Waals surface area (Å²) in [6.45, 7) is 2.88. The molecule has 1 amide bonds. The fourth-order valence-corrected chi connectivity index (χ4v) is 2.47. The Morgan fingerprint density at radius 2 is 1.89 bits per heavy atom. The highest BCUT2D eigenvalue weighted by Crippen LogP contribution is 2.10. The second-order valence-electron chi connectivity index (χ2n) is 6.09. The SMILES string of the molecule is CN=C(NCC(=O)N(C)CCc1ccccn1)NC(C)c1ccccc1.I. The Balaban J connectivity index is 0.00000364. The van der Waals surface area contributed by atoms with Crippen LogP contribution in [0.25, 0.3) is 0 Å². The number of carbonyl (C=O) groups excluding carboxylic acids is 1. The van der Waals surface area contributed by atoms with Gasteiger partial charge in [0.15, 0.2) is 5.96 Å². The third-order valence-corrected chi connectivity index (χ3v) is 4.14. The Labute approximate surface area is 178 Å². The van der Waals surface area contributed by atoms with Crippen molar-refractivity contribution in [2.24, 2.45) is 4.99 Å². The van der Waals surface area contributed by atoms with E-state index in [1.807, 2.05) is 36.4 Å². The van der Waals surface area contributed by atoms with Gasteiger partial charge in [0.1, 0.15) is 0 Å². The number of pyridine rings is 1. The van der Waals surface area contributed by atoms with E-state index in [1.165, 1.54) is 0 Å². The van der Waals surface area contributed by atoms with Crippen LogP contribution in [0.3, 0.4) is 0 Å². The Kier molecular flexibility index (Phi) is 10.4. The number of rotatable bonds is 7. The van der Waals surface area contributed by atoms with E-state index in [9.17, 15) is 4.79 Å². The summed E-state index contributed by atoms with van der Waals surface area (Å²) in [5.41, 5.74) is 2.14. The minimum Gasteiger partial charge on any atom is -0.350 e. The number of likely N-dealkylation sites (N-methyl/N-ethyl adjacent to an activating group) is 1. The van der Waals surface area contributed by atoms with Gasteiger partial charge in [-0.3, -0.25) is 14.8 Å². The van der Waals surface area contributed by atoms with Gasteiger partial charge in [0.2, 0.25) is 5.91 Å². The number of nitrogens with one attached hydrogen (secondary N) is 2. The molecule has 1 unspecified atom stereocenters. The number of hydrogen-bond acceptors (Lipinski definition) is 3. The zero-order valence-corrected chi connectivity index (χ0v) is 18.4. The molecule has 27 heavy (non-hydrogen) atoms. The predicted octanol–water partition coefficient (Wildman–Crippen LogP) is 2.63. The average Bonchev–Trinajstić information content (AvgIpc) is 2.70. The van der Waals surface area contributed by atoms with Crippen LogP contribution in [0.5, 0.6) is 0 Å². The van der Waals surface area contributed by atoms with E-state index in [4.69, 9.17) is 0 Å². The van der Waals surface area contributed by atoms with Gasteiger partial charge >= 0.3 is 0 Å². The molecule has 1 aromatic carbocycles. The molecular weight excluding hydrogens is 453 g/mol. The monoisotopic (exact) mass is 481 g/mol. The number of aliphatic imine (C=N–C) groups is 1. The van der Waals surface area contributed by atoms with Gasteiger partial charge in [-0.05, 0) is 24.6 Å². The van der Waals surface area contributed by atoms with Crippen molar-refractivity contribution in [3.05, 3.63) is 66.0 Å². The number of carbonyl (C=O) groups is 1. The van der Waals surface area contributed by atoms with Crippen LogP contribution in [0.1, 0.15) is 24.2 Å². The number of halogens is 1. The number of aromatic nitrogens is 1. The molecule has 0 saturated heterocycles. The Morgan fingerprint density at radius 1 is 1.19 bits per heavy atom. The van der Waals surface area contributed by atoms with Gasteiger partial charge in [0.05, 0.1) is 12.6 Å². The van der Waals surface area contributed by atoms with Gasteiger partial charge in [0, 0.05) is 39.0 Å². The van der Waals surface area contributed by atoms with Crippen molar-refractivity contribution in [3.8, 4) is 0 Å². The molecule has 146 valence electrons. The van der Waals surface area contributed by atoms with Crippen LogP contribution in [-0.4, -0.2) is 48.9 Å². The van der Waals surface area contributed by atoms with Crippen molar-refractivity contribution < 1.29 is 4.79 Å².